The van der Waals surface area contributed by atoms with Crippen LogP contribution in [0.3, 0.4) is 0 Å². The highest BCUT2D eigenvalue weighted by molar-refractivity contribution is 5.83. The monoisotopic (exact) mass is 550 g/mol. The SMILES string of the molecule is CC1=CC(C)(Nc2cc(C(F)(F)F)ccn2)NC(c2cn(C(C)C(=O)NCCc3c[nH]c4ccccc34)nn2)=C1. The lowest BCUT2D eigenvalue weighted by atomic mass is 10.0. The summed E-state index contributed by atoms with van der Waals surface area (Å²) in [5.74, 6) is -0.128. The molecule has 0 bridgehead atoms. The summed E-state index contributed by atoms with van der Waals surface area (Å²) in [6.45, 7) is 5.85. The number of anilines is 1. The molecule has 2 unspecified atom stereocenters. The lowest BCUT2D eigenvalue weighted by Crippen LogP contribution is -2.48. The zero-order valence-electron chi connectivity index (χ0n) is 22.2. The van der Waals surface area contributed by atoms with Gasteiger partial charge in [0.1, 0.15) is 23.2 Å². The third kappa shape index (κ3) is 5.85. The largest absolute Gasteiger partial charge is 0.416 e. The molecule has 0 spiro atoms. The highest BCUT2D eigenvalue weighted by Gasteiger charge is 2.32. The summed E-state index contributed by atoms with van der Waals surface area (Å²) in [5.41, 5.74) is 2.37. The second-order valence-corrected chi connectivity index (χ2v) is 9.99. The number of para-hydroxylation sites is 1. The summed E-state index contributed by atoms with van der Waals surface area (Å²) in [6, 6.07) is 9.29. The number of pyridine rings is 1. The molecule has 1 aliphatic rings. The highest BCUT2D eigenvalue weighted by Crippen LogP contribution is 2.31. The van der Waals surface area contributed by atoms with Gasteiger partial charge in [0.15, 0.2) is 0 Å². The predicted molar refractivity (Wildman–Crippen MR) is 146 cm³/mol. The second kappa shape index (κ2) is 10.5. The minimum Gasteiger partial charge on any atom is -0.361 e. The van der Waals surface area contributed by atoms with Gasteiger partial charge >= 0.3 is 6.18 Å². The van der Waals surface area contributed by atoms with Crippen LogP contribution >= 0.6 is 0 Å². The number of aromatic amines is 1. The minimum absolute atomic E-state index is 0.0664. The third-order valence-corrected chi connectivity index (χ3v) is 6.69. The minimum atomic E-state index is -4.48. The van der Waals surface area contributed by atoms with E-state index in [1.54, 1.807) is 20.0 Å². The van der Waals surface area contributed by atoms with E-state index in [1.165, 1.54) is 4.68 Å². The number of dihydropyridines is 1. The van der Waals surface area contributed by atoms with E-state index in [2.05, 4.69) is 36.2 Å². The van der Waals surface area contributed by atoms with Gasteiger partial charge in [-0.1, -0.05) is 23.4 Å². The van der Waals surface area contributed by atoms with E-state index in [9.17, 15) is 18.0 Å². The average Bonchev–Trinajstić information content (AvgIpc) is 3.55. The molecule has 12 heteroatoms. The number of alkyl halides is 3. The number of hydrogen-bond acceptors (Lipinski definition) is 6. The van der Waals surface area contributed by atoms with Crippen molar-refractivity contribution in [2.45, 2.75) is 45.1 Å². The summed E-state index contributed by atoms with van der Waals surface area (Å²) < 4.78 is 41.0. The Balaban J connectivity index is 1.22. The molecule has 0 fully saturated rings. The average molecular weight is 551 g/mol. The molecule has 2 atom stereocenters. The van der Waals surface area contributed by atoms with Crippen LogP contribution in [0.1, 0.15) is 43.6 Å². The molecular formula is C28H29F3N8O. The molecule has 9 nitrogen and oxygen atoms in total. The molecule has 5 rings (SSSR count). The van der Waals surface area contributed by atoms with Gasteiger partial charge in [-0.05, 0) is 68.7 Å². The smallest absolute Gasteiger partial charge is 0.361 e. The van der Waals surface area contributed by atoms with E-state index in [4.69, 9.17) is 0 Å². The van der Waals surface area contributed by atoms with E-state index in [1.807, 2.05) is 49.5 Å². The predicted octanol–water partition coefficient (Wildman–Crippen LogP) is 4.81. The van der Waals surface area contributed by atoms with E-state index in [0.29, 0.717) is 24.4 Å². The topological polar surface area (TPSA) is 113 Å². The maximum absolute atomic E-state index is 13.2. The van der Waals surface area contributed by atoms with Gasteiger partial charge in [0, 0.05) is 29.8 Å². The highest BCUT2D eigenvalue weighted by atomic mass is 19.4. The number of benzene rings is 1. The van der Waals surface area contributed by atoms with Crippen LogP contribution in [0, 0.1) is 0 Å². The normalized spacial score (nSPS) is 18.1. The molecule has 0 saturated heterocycles. The van der Waals surface area contributed by atoms with Crippen LogP contribution in [0.15, 0.2) is 72.7 Å². The first-order chi connectivity index (χ1) is 19.0. The molecule has 40 heavy (non-hydrogen) atoms. The van der Waals surface area contributed by atoms with Crippen LogP contribution in [0.25, 0.3) is 16.6 Å². The van der Waals surface area contributed by atoms with Crippen molar-refractivity contribution in [1.82, 2.24) is 35.6 Å². The maximum atomic E-state index is 13.2. The quantitative estimate of drug-likeness (QED) is 0.251. The van der Waals surface area contributed by atoms with Gasteiger partial charge in [-0.3, -0.25) is 4.79 Å². The Morgan fingerprint density at radius 2 is 2.02 bits per heavy atom. The van der Waals surface area contributed by atoms with E-state index in [-0.39, 0.29) is 11.7 Å². The number of hydrogen-bond donors (Lipinski definition) is 4. The molecular weight excluding hydrogens is 521 g/mol. The Morgan fingerprint density at radius 3 is 2.83 bits per heavy atom. The van der Waals surface area contributed by atoms with Gasteiger partial charge in [0.25, 0.3) is 0 Å². The molecule has 1 aromatic carbocycles. The lowest BCUT2D eigenvalue weighted by Gasteiger charge is -2.34. The Bertz CT molecular complexity index is 1600. The van der Waals surface area contributed by atoms with Crippen molar-refractivity contribution < 1.29 is 18.0 Å². The fraction of sp³-hybridized carbons (Fsp3) is 0.286. The number of carbonyl (C=O) groups excluding carboxylic acids is 1. The number of allylic oxidation sites excluding steroid dienone is 2. The molecule has 4 N–H and O–H groups in total. The van der Waals surface area contributed by atoms with Crippen LogP contribution in [-0.4, -0.2) is 43.1 Å². The van der Waals surface area contributed by atoms with Crippen LogP contribution in [0.2, 0.25) is 0 Å². The number of nitrogens with zero attached hydrogens (tertiary/aromatic N) is 4. The molecule has 3 aromatic heterocycles. The molecule has 4 heterocycles. The molecule has 0 saturated carbocycles. The van der Waals surface area contributed by atoms with Gasteiger partial charge in [-0.25, -0.2) is 9.67 Å². The number of carbonyl (C=O) groups is 1. The van der Waals surface area contributed by atoms with Gasteiger partial charge in [0.2, 0.25) is 5.91 Å². The zero-order chi connectivity index (χ0) is 28.5. The van der Waals surface area contributed by atoms with Gasteiger partial charge in [-0.2, -0.15) is 13.2 Å². The van der Waals surface area contributed by atoms with Crippen molar-refractivity contribution in [1.29, 1.82) is 0 Å². The van der Waals surface area contributed by atoms with Crippen LogP contribution < -0.4 is 16.0 Å². The van der Waals surface area contributed by atoms with Gasteiger partial charge in [-0.15, -0.1) is 5.10 Å². The summed E-state index contributed by atoms with van der Waals surface area (Å²) in [6.07, 6.45) is 4.62. The Hall–Kier alpha value is -4.61. The first-order valence-electron chi connectivity index (χ1n) is 12.8. The molecule has 0 radical (unpaired) electrons. The summed E-state index contributed by atoms with van der Waals surface area (Å²) in [4.78, 5) is 20.1. The first-order valence-corrected chi connectivity index (χ1v) is 12.8. The number of amides is 1. The summed E-state index contributed by atoms with van der Waals surface area (Å²) in [7, 11) is 0. The van der Waals surface area contributed by atoms with Crippen molar-refractivity contribution in [3.05, 3.63) is 89.5 Å². The van der Waals surface area contributed by atoms with E-state index < -0.39 is 23.4 Å². The van der Waals surface area contributed by atoms with Crippen molar-refractivity contribution in [2.24, 2.45) is 0 Å². The summed E-state index contributed by atoms with van der Waals surface area (Å²) in [5, 5.41) is 18.8. The lowest BCUT2D eigenvalue weighted by molar-refractivity contribution is -0.137. The summed E-state index contributed by atoms with van der Waals surface area (Å²) >= 11 is 0. The van der Waals surface area contributed by atoms with Gasteiger partial charge in [0.05, 0.1) is 17.5 Å². The zero-order valence-corrected chi connectivity index (χ0v) is 22.2. The fourth-order valence-corrected chi connectivity index (χ4v) is 4.74. The second-order valence-electron chi connectivity index (χ2n) is 9.99. The van der Waals surface area contributed by atoms with Crippen LogP contribution in [0.4, 0.5) is 19.0 Å². The Kier molecular flexibility index (Phi) is 7.09. The number of aromatic nitrogens is 5. The van der Waals surface area contributed by atoms with E-state index in [0.717, 1.165) is 40.4 Å². The number of fused-ring (bicyclic) bond motifs is 1. The third-order valence-electron chi connectivity index (χ3n) is 6.69. The standard InChI is InChI=1S/C28H29F3N8O/c1-17-12-23(35-27(3,14-17)36-25-13-20(9-11-32-25)28(29,30)31)24-16-39(38-37-24)18(2)26(40)33-10-8-19-15-34-22-7-5-4-6-21(19)22/h4-7,9,11-16,18,34-35H,8,10H2,1-3H3,(H,32,36)(H,33,40). The number of halogens is 3. The van der Waals surface area contributed by atoms with Crippen molar-refractivity contribution in [3.8, 4) is 0 Å². The van der Waals surface area contributed by atoms with E-state index >= 15 is 0 Å². The molecule has 4 aromatic rings. The van der Waals surface area contributed by atoms with Crippen LogP contribution in [-0.2, 0) is 17.4 Å². The maximum Gasteiger partial charge on any atom is 0.416 e. The van der Waals surface area contributed by atoms with Crippen LogP contribution in [0.5, 0.6) is 0 Å². The molecule has 1 aliphatic heterocycles. The van der Waals surface area contributed by atoms with Gasteiger partial charge < -0.3 is 20.9 Å². The number of rotatable bonds is 8. The number of H-pyrrole nitrogens is 1. The molecule has 0 aliphatic carbocycles. The molecule has 208 valence electrons. The Morgan fingerprint density at radius 1 is 1.23 bits per heavy atom. The van der Waals surface area contributed by atoms with Crippen molar-refractivity contribution >= 4 is 28.3 Å². The first kappa shape index (κ1) is 27.0. The Labute approximate surface area is 228 Å². The fourth-order valence-electron chi connectivity index (χ4n) is 4.74. The van der Waals surface area contributed by atoms with Crippen molar-refractivity contribution in [3.63, 3.8) is 0 Å². The molecule has 1 amide bonds. The van der Waals surface area contributed by atoms with Crippen molar-refractivity contribution in [2.75, 3.05) is 11.9 Å². The number of nitrogens with one attached hydrogen (secondary N) is 4.